The van der Waals surface area contributed by atoms with Gasteiger partial charge in [0.15, 0.2) is 0 Å². The van der Waals surface area contributed by atoms with E-state index >= 15 is 0 Å². The fourth-order valence-corrected chi connectivity index (χ4v) is 2.53. The summed E-state index contributed by atoms with van der Waals surface area (Å²) in [6.45, 7) is 1.85. The fourth-order valence-electron chi connectivity index (χ4n) is 2.53. The number of pyridine rings is 1. The second-order valence-electron chi connectivity index (χ2n) is 6.24. The van der Waals surface area contributed by atoms with Gasteiger partial charge in [0, 0.05) is 31.6 Å². The van der Waals surface area contributed by atoms with Crippen molar-refractivity contribution in [1.29, 1.82) is 0 Å². The Morgan fingerprint density at radius 1 is 1.40 bits per heavy atom. The summed E-state index contributed by atoms with van der Waals surface area (Å²) >= 11 is 0. The van der Waals surface area contributed by atoms with Crippen molar-refractivity contribution in [2.75, 3.05) is 6.54 Å². The lowest BCUT2D eigenvalue weighted by Gasteiger charge is -2.24. The highest BCUT2D eigenvalue weighted by Gasteiger charge is 2.34. The van der Waals surface area contributed by atoms with E-state index in [0.29, 0.717) is 23.8 Å². The first-order valence-corrected chi connectivity index (χ1v) is 8.31. The van der Waals surface area contributed by atoms with Crippen LogP contribution in [0.2, 0.25) is 0 Å². The van der Waals surface area contributed by atoms with Gasteiger partial charge in [-0.2, -0.15) is 4.98 Å². The van der Waals surface area contributed by atoms with Crippen molar-refractivity contribution >= 4 is 11.9 Å². The number of nitrogens with zero attached hydrogens (tertiary/aromatic N) is 4. The van der Waals surface area contributed by atoms with Crippen molar-refractivity contribution in [2.45, 2.75) is 38.6 Å². The van der Waals surface area contributed by atoms with Crippen LogP contribution in [0.1, 0.15) is 32.1 Å². The van der Waals surface area contributed by atoms with Crippen molar-refractivity contribution < 1.29 is 19.2 Å². The van der Waals surface area contributed by atoms with E-state index in [1.165, 1.54) is 0 Å². The molecule has 1 saturated carbocycles. The topological polar surface area (TPSA) is 109 Å². The highest BCUT2D eigenvalue weighted by atomic mass is 16.5. The maximum atomic E-state index is 12.5. The number of hydrogen-bond donors (Lipinski definition) is 1. The Bertz CT molecular complexity index is 742. The highest BCUT2D eigenvalue weighted by molar-refractivity contribution is 5.78. The van der Waals surface area contributed by atoms with Crippen LogP contribution in [0.25, 0.3) is 11.5 Å². The largest absolute Gasteiger partial charge is 0.481 e. The second-order valence-corrected chi connectivity index (χ2v) is 6.24. The molecule has 0 saturated heterocycles. The number of rotatable bonds is 8. The molecular formula is C17H20N4O4. The highest BCUT2D eigenvalue weighted by Crippen LogP contribution is 2.28. The van der Waals surface area contributed by atoms with E-state index in [1.807, 2.05) is 6.07 Å². The zero-order valence-electron chi connectivity index (χ0n) is 14.0. The number of hydrogen-bond acceptors (Lipinski definition) is 6. The molecule has 0 bridgehead atoms. The Labute approximate surface area is 144 Å². The molecule has 1 aliphatic carbocycles. The van der Waals surface area contributed by atoms with Crippen molar-refractivity contribution in [3.63, 3.8) is 0 Å². The minimum absolute atomic E-state index is 0.0758. The van der Waals surface area contributed by atoms with Crippen molar-refractivity contribution in [3.8, 4) is 11.5 Å². The SMILES string of the molecule is CC(CN(C(=O)CCc1nc(-c2ccccn2)no1)C1CC1)C(=O)O. The van der Waals surface area contributed by atoms with E-state index in [-0.39, 0.29) is 24.9 Å². The van der Waals surface area contributed by atoms with Gasteiger partial charge >= 0.3 is 5.97 Å². The predicted octanol–water partition coefficient (Wildman–Crippen LogP) is 1.78. The summed E-state index contributed by atoms with van der Waals surface area (Å²) in [5.41, 5.74) is 0.610. The number of aromatic nitrogens is 3. The monoisotopic (exact) mass is 344 g/mol. The summed E-state index contributed by atoms with van der Waals surface area (Å²) in [6, 6.07) is 5.58. The molecule has 0 radical (unpaired) electrons. The Morgan fingerprint density at radius 3 is 2.84 bits per heavy atom. The first-order chi connectivity index (χ1) is 12.0. The van der Waals surface area contributed by atoms with E-state index in [2.05, 4.69) is 15.1 Å². The van der Waals surface area contributed by atoms with Crippen LogP contribution in [0.15, 0.2) is 28.9 Å². The van der Waals surface area contributed by atoms with Gasteiger partial charge in [-0.1, -0.05) is 18.1 Å². The summed E-state index contributed by atoms with van der Waals surface area (Å²) in [4.78, 5) is 33.6. The van der Waals surface area contributed by atoms with Crippen LogP contribution in [0.5, 0.6) is 0 Å². The van der Waals surface area contributed by atoms with Crippen LogP contribution in [0, 0.1) is 5.92 Å². The second kappa shape index (κ2) is 7.42. The van der Waals surface area contributed by atoms with E-state index in [4.69, 9.17) is 9.63 Å². The molecule has 1 N–H and O–H groups in total. The third-order valence-corrected chi connectivity index (χ3v) is 4.11. The first kappa shape index (κ1) is 17.1. The van der Waals surface area contributed by atoms with Gasteiger partial charge in [-0.05, 0) is 25.0 Å². The summed E-state index contributed by atoms with van der Waals surface area (Å²) in [7, 11) is 0. The molecule has 2 aromatic rings. The number of carbonyl (C=O) groups excluding carboxylic acids is 1. The third kappa shape index (κ3) is 4.40. The Balaban J connectivity index is 1.58. The molecule has 3 rings (SSSR count). The molecular weight excluding hydrogens is 324 g/mol. The van der Waals surface area contributed by atoms with Crippen molar-refractivity contribution in [2.24, 2.45) is 5.92 Å². The lowest BCUT2D eigenvalue weighted by Crippen LogP contribution is -2.38. The van der Waals surface area contributed by atoms with Crippen molar-refractivity contribution in [3.05, 3.63) is 30.3 Å². The minimum Gasteiger partial charge on any atom is -0.481 e. The predicted molar refractivity (Wildman–Crippen MR) is 87.4 cm³/mol. The number of carbonyl (C=O) groups is 2. The Kier molecular flexibility index (Phi) is 5.06. The molecule has 0 aliphatic heterocycles. The van der Waals surface area contributed by atoms with Crippen LogP contribution < -0.4 is 0 Å². The average Bonchev–Trinajstić information content (AvgIpc) is 3.35. The standard InChI is InChI=1S/C17H20N4O4/c1-11(17(23)24)10-21(12-5-6-12)15(22)8-7-14-19-16(20-25-14)13-4-2-3-9-18-13/h2-4,9,11-12H,5-8,10H2,1H3,(H,23,24). The number of amides is 1. The van der Waals surface area contributed by atoms with Gasteiger partial charge in [-0.3, -0.25) is 14.6 Å². The summed E-state index contributed by atoms with van der Waals surface area (Å²) in [5.74, 6) is -0.787. The fraction of sp³-hybridized carbons (Fsp3) is 0.471. The molecule has 1 unspecified atom stereocenters. The van der Waals surface area contributed by atoms with Gasteiger partial charge in [0.2, 0.25) is 17.6 Å². The van der Waals surface area contributed by atoms with Gasteiger partial charge in [-0.15, -0.1) is 0 Å². The zero-order chi connectivity index (χ0) is 17.8. The Hall–Kier alpha value is -2.77. The molecule has 1 amide bonds. The number of aliphatic carboxylic acids is 1. The van der Waals surface area contributed by atoms with Gasteiger partial charge < -0.3 is 14.5 Å². The molecule has 0 spiro atoms. The molecule has 1 aliphatic rings. The number of carboxylic acids is 1. The van der Waals surface area contributed by atoms with Crippen LogP contribution in [-0.2, 0) is 16.0 Å². The molecule has 132 valence electrons. The molecule has 1 fully saturated rings. The molecule has 8 nitrogen and oxygen atoms in total. The maximum Gasteiger partial charge on any atom is 0.308 e. The summed E-state index contributed by atoms with van der Waals surface area (Å²) < 4.78 is 5.18. The number of carboxylic acid groups (broad SMARTS) is 1. The molecule has 1 atom stereocenters. The third-order valence-electron chi connectivity index (χ3n) is 4.11. The van der Waals surface area contributed by atoms with Crippen LogP contribution in [-0.4, -0.2) is 49.6 Å². The average molecular weight is 344 g/mol. The van der Waals surface area contributed by atoms with Crippen molar-refractivity contribution in [1.82, 2.24) is 20.0 Å². The molecule has 0 aromatic carbocycles. The molecule has 8 heteroatoms. The van der Waals surface area contributed by atoms with E-state index in [9.17, 15) is 9.59 Å². The van der Waals surface area contributed by atoms with Gasteiger partial charge in [-0.25, -0.2) is 0 Å². The Morgan fingerprint density at radius 2 is 2.20 bits per heavy atom. The lowest BCUT2D eigenvalue weighted by molar-refractivity contribution is -0.143. The molecule has 2 aromatic heterocycles. The van der Waals surface area contributed by atoms with Crippen LogP contribution >= 0.6 is 0 Å². The smallest absolute Gasteiger partial charge is 0.308 e. The first-order valence-electron chi connectivity index (χ1n) is 8.31. The van der Waals surface area contributed by atoms with E-state index in [1.54, 1.807) is 30.2 Å². The normalized spacial score (nSPS) is 14.9. The summed E-state index contributed by atoms with van der Waals surface area (Å²) in [6.07, 6.45) is 4.05. The minimum atomic E-state index is -0.893. The van der Waals surface area contributed by atoms with Crippen LogP contribution in [0.4, 0.5) is 0 Å². The van der Waals surface area contributed by atoms with Gasteiger partial charge in [0.25, 0.3) is 0 Å². The molecule has 25 heavy (non-hydrogen) atoms. The quantitative estimate of drug-likeness (QED) is 0.777. The summed E-state index contributed by atoms with van der Waals surface area (Å²) in [5, 5.41) is 12.9. The van der Waals surface area contributed by atoms with Gasteiger partial charge in [0.1, 0.15) is 5.69 Å². The molecule has 2 heterocycles. The van der Waals surface area contributed by atoms with E-state index in [0.717, 1.165) is 12.8 Å². The maximum absolute atomic E-state index is 12.5. The number of aryl methyl sites for hydroxylation is 1. The lowest BCUT2D eigenvalue weighted by atomic mass is 10.1. The zero-order valence-corrected chi connectivity index (χ0v) is 14.0. The van der Waals surface area contributed by atoms with E-state index < -0.39 is 11.9 Å². The van der Waals surface area contributed by atoms with Gasteiger partial charge in [0.05, 0.1) is 5.92 Å². The van der Waals surface area contributed by atoms with Crippen LogP contribution in [0.3, 0.4) is 0 Å².